The number of hydrazone groups is 1. The summed E-state index contributed by atoms with van der Waals surface area (Å²) in [6.07, 6.45) is 1.67. The van der Waals surface area contributed by atoms with Crippen molar-refractivity contribution in [1.82, 2.24) is 15.3 Å². The second-order valence-electron chi connectivity index (χ2n) is 9.65. The Bertz CT molecular complexity index is 1510. The van der Waals surface area contributed by atoms with Crippen LogP contribution in [-0.4, -0.2) is 28.6 Å². The normalized spacial score (nSPS) is 12.3. The summed E-state index contributed by atoms with van der Waals surface area (Å²) in [5.74, 6) is -1.00. The summed E-state index contributed by atoms with van der Waals surface area (Å²) in [7, 11) is 0. The van der Waals surface area contributed by atoms with Crippen LogP contribution in [0.4, 0.5) is 0 Å². The van der Waals surface area contributed by atoms with Gasteiger partial charge in [0.25, 0.3) is 11.8 Å². The Morgan fingerprint density at radius 2 is 1.68 bits per heavy atom. The molecular weight excluding hydrogens is 519 g/mol. The molecule has 2 amide bonds. The first kappa shape index (κ1) is 27.4. The van der Waals surface area contributed by atoms with Crippen molar-refractivity contribution in [3.05, 3.63) is 105 Å². The Balaban J connectivity index is 1.52. The monoisotopic (exact) mass is 548 g/mol. The lowest BCUT2D eigenvalue weighted by atomic mass is 10.0. The molecule has 0 spiro atoms. The third-order valence-electron chi connectivity index (χ3n) is 6.53. The van der Waals surface area contributed by atoms with E-state index in [1.54, 1.807) is 18.3 Å². The molecule has 0 saturated heterocycles. The van der Waals surface area contributed by atoms with Crippen LogP contribution in [0.5, 0.6) is 0 Å². The van der Waals surface area contributed by atoms with Crippen LogP contribution >= 0.6 is 23.2 Å². The van der Waals surface area contributed by atoms with Crippen LogP contribution in [0.1, 0.15) is 46.6 Å². The van der Waals surface area contributed by atoms with E-state index in [1.807, 2.05) is 39.0 Å². The van der Waals surface area contributed by atoms with Crippen molar-refractivity contribution in [2.75, 3.05) is 0 Å². The van der Waals surface area contributed by atoms with Gasteiger partial charge >= 0.3 is 0 Å². The van der Waals surface area contributed by atoms with E-state index >= 15 is 0 Å². The molecule has 2 N–H and O–H groups in total. The van der Waals surface area contributed by atoms with Gasteiger partial charge in [0, 0.05) is 34.3 Å². The molecule has 1 aromatic heterocycles. The number of amides is 2. The third kappa shape index (κ3) is 6.09. The van der Waals surface area contributed by atoms with Crippen molar-refractivity contribution < 1.29 is 9.59 Å². The number of carbonyl (C=O) groups excluding carboxylic acids is 2. The van der Waals surface area contributed by atoms with Gasteiger partial charge in [-0.1, -0.05) is 85.1 Å². The average Bonchev–Trinajstić information content (AvgIpc) is 3.15. The van der Waals surface area contributed by atoms with Crippen molar-refractivity contribution >= 4 is 52.1 Å². The zero-order valence-corrected chi connectivity index (χ0v) is 23.3. The van der Waals surface area contributed by atoms with Gasteiger partial charge in [-0.2, -0.15) is 5.10 Å². The van der Waals surface area contributed by atoms with Gasteiger partial charge in [0.2, 0.25) is 0 Å². The zero-order valence-electron chi connectivity index (χ0n) is 21.8. The predicted octanol–water partition coefficient (Wildman–Crippen LogP) is 6.52. The number of hydrogen-bond donors (Lipinski definition) is 2. The van der Waals surface area contributed by atoms with E-state index in [0.717, 1.165) is 28.7 Å². The molecule has 0 fully saturated rings. The molecule has 6 nitrogen and oxygen atoms in total. The summed E-state index contributed by atoms with van der Waals surface area (Å²) in [6, 6.07) is 20.4. The Labute approximate surface area is 232 Å². The van der Waals surface area contributed by atoms with Crippen molar-refractivity contribution in [2.24, 2.45) is 11.0 Å². The third-order valence-corrected chi connectivity index (χ3v) is 7.27. The SMILES string of the molecule is Cc1ccc(Cn2c(C)c(/C=N\NC(=O)C(NC(=O)c3ccc(Cl)c(Cl)c3)C(C)C)c3ccccc32)cc1. The Morgan fingerprint density at radius 1 is 0.974 bits per heavy atom. The minimum Gasteiger partial charge on any atom is -0.340 e. The molecule has 1 unspecified atom stereocenters. The van der Waals surface area contributed by atoms with Crippen LogP contribution in [0, 0.1) is 19.8 Å². The van der Waals surface area contributed by atoms with Crippen molar-refractivity contribution in [1.29, 1.82) is 0 Å². The first-order chi connectivity index (χ1) is 18.2. The number of nitrogens with zero attached hydrogens (tertiary/aromatic N) is 2. The molecule has 38 heavy (non-hydrogen) atoms. The summed E-state index contributed by atoms with van der Waals surface area (Å²) >= 11 is 12.0. The van der Waals surface area contributed by atoms with E-state index in [0.29, 0.717) is 10.6 Å². The quantitative estimate of drug-likeness (QED) is 0.194. The summed E-state index contributed by atoms with van der Waals surface area (Å²) in [4.78, 5) is 25.7. The molecule has 3 aromatic carbocycles. The fourth-order valence-corrected chi connectivity index (χ4v) is 4.63. The molecule has 196 valence electrons. The lowest BCUT2D eigenvalue weighted by molar-refractivity contribution is -0.123. The average molecular weight is 550 g/mol. The van der Waals surface area contributed by atoms with Crippen molar-refractivity contribution in [3.8, 4) is 0 Å². The summed E-state index contributed by atoms with van der Waals surface area (Å²) < 4.78 is 2.25. The molecule has 0 radical (unpaired) electrons. The van der Waals surface area contributed by atoms with Gasteiger partial charge in [-0.15, -0.1) is 0 Å². The molecule has 1 heterocycles. The standard InChI is InChI=1S/C30H30Cl2N4O2/c1-18(2)28(34-29(37)22-13-14-25(31)26(32)15-22)30(38)35-33-16-24-20(4)36(27-8-6-5-7-23(24)27)17-21-11-9-19(3)10-12-21/h5-16,18,28H,17H2,1-4H3,(H,34,37)(H,35,38)/b33-16-. The number of aryl methyl sites for hydroxylation is 1. The molecule has 0 aliphatic rings. The molecule has 0 aliphatic carbocycles. The van der Waals surface area contributed by atoms with Crippen LogP contribution in [0.2, 0.25) is 10.0 Å². The maximum Gasteiger partial charge on any atom is 0.262 e. The number of benzene rings is 3. The summed E-state index contributed by atoms with van der Waals surface area (Å²) in [5.41, 5.74) is 8.40. The number of rotatable bonds is 8. The fourth-order valence-electron chi connectivity index (χ4n) is 4.33. The van der Waals surface area contributed by atoms with Gasteiger partial charge in [-0.05, 0) is 49.6 Å². The molecule has 0 saturated carbocycles. The molecule has 0 aliphatic heterocycles. The summed E-state index contributed by atoms with van der Waals surface area (Å²) in [6.45, 7) is 8.55. The minimum atomic E-state index is -0.793. The largest absolute Gasteiger partial charge is 0.340 e. The number of fused-ring (bicyclic) bond motifs is 1. The van der Waals surface area contributed by atoms with Gasteiger partial charge in [0.15, 0.2) is 0 Å². The van der Waals surface area contributed by atoms with Crippen LogP contribution in [0.3, 0.4) is 0 Å². The number of para-hydroxylation sites is 1. The second-order valence-corrected chi connectivity index (χ2v) is 10.5. The lowest BCUT2D eigenvalue weighted by Gasteiger charge is -2.20. The van der Waals surface area contributed by atoms with Crippen molar-refractivity contribution in [2.45, 2.75) is 40.3 Å². The van der Waals surface area contributed by atoms with Gasteiger partial charge in [0.1, 0.15) is 6.04 Å². The van der Waals surface area contributed by atoms with Crippen molar-refractivity contribution in [3.63, 3.8) is 0 Å². The van der Waals surface area contributed by atoms with Gasteiger partial charge in [-0.3, -0.25) is 9.59 Å². The number of nitrogens with one attached hydrogen (secondary N) is 2. The topological polar surface area (TPSA) is 75.5 Å². The van der Waals surface area contributed by atoms with Crippen LogP contribution in [-0.2, 0) is 11.3 Å². The fraction of sp³-hybridized carbons (Fsp3) is 0.233. The highest BCUT2D eigenvalue weighted by Gasteiger charge is 2.25. The molecular formula is C30H30Cl2N4O2. The van der Waals surface area contributed by atoms with E-state index in [4.69, 9.17) is 23.2 Å². The molecule has 8 heteroatoms. The van der Waals surface area contributed by atoms with Gasteiger partial charge in [0.05, 0.1) is 16.3 Å². The van der Waals surface area contributed by atoms with Gasteiger partial charge < -0.3 is 9.88 Å². The summed E-state index contributed by atoms with van der Waals surface area (Å²) in [5, 5.41) is 8.71. The highest BCUT2D eigenvalue weighted by molar-refractivity contribution is 6.42. The Morgan fingerprint density at radius 3 is 2.37 bits per heavy atom. The highest BCUT2D eigenvalue weighted by Crippen LogP contribution is 2.26. The molecule has 4 rings (SSSR count). The Kier molecular flexibility index (Phi) is 8.55. The smallest absolute Gasteiger partial charge is 0.262 e. The highest BCUT2D eigenvalue weighted by atomic mass is 35.5. The van der Waals surface area contributed by atoms with Crippen LogP contribution < -0.4 is 10.7 Å². The van der Waals surface area contributed by atoms with Crippen LogP contribution in [0.25, 0.3) is 10.9 Å². The van der Waals surface area contributed by atoms with Gasteiger partial charge in [-0.25, -0.2) is 5.43 Å². The molecule has 0 bridgehead atoms. The minimum absolute atomic E-state index is 0.171. The maximum absolute atomic E-state index is 13.0. The molecule has 4 aromatic rings. The zero-order chi connectivity index (χ0) is 27.4. The first-order valence-corrected chi connectivity index (χ1v) is 13.1. The number of aromatic nitrogens is 1. The maximum atomic E-state index is 13.0. The number of carbonyl (C=O) groups is 2. The molecule has 1 atom stereocenters. The van der Waals surface area contributed by atoms with Crippen LogP contribution in [0.15, 0.2) is 71.8 Å². The second kappa shape index (κ2) is 11.8. The van der Waals surface area contributed by atoms with E-state index < -0.39 is 17.9 Å². The number of hydrogen-bond acceptors (Lipinski definition) is 3. The van der Waals surface area contributed by atoms with E-state index in [-0.39, 0.29) is 10.9 Å². The first-order valence-electron chi connectivity index (χ1n) is 12.4. The lowest BCUT2D eigenvalue weighted by Crippen LogP contribution is -2.48. The van der Waals surface area contributed by atoms with E-state index in [1.165, 1.54) is 17.2 Å². The predicted molar refractivity (Wildman–Crippen MR) is 155 cm³/mol. The van der Waals surface area contributed by atoms with E-state index in [9.17, 15) is 9.59 Å². The van der Waals surface area contributed by atoms with E-state index in [2.05, 4.69) is 57.7 Å². The Hall–Kier alpha value is -3.61. The number of halogens is 2.